The van der Waals surface area contributed by atoms with Crippen LogP contribution in [0.3, 0.4) is 0 Å². The molecule has 5 heteroatoms. The summed E-state index contributed by atoms with van der Waals surface area (Å²) < 4.78 is 4.59. The van der Waals surface area contributed by atoms with Crippen LogP contribution in [0.5, 0.6) is 0 Å². The maximum Gasteiger partial charge on any atom is 0.305 e. The second-order valence-corrected chi connectivity index (χ2v) is 4.52. The zero-order valence-corrected chi connectivity index (χ0v) is 12.6. The van der Waals surface area contributed by atoms with Crippen LogP contribution < -0.4 is 10.6 Å². The van der Waals surface area contributed by atoms with Gasteiger partial charge in [0.2, 0.25) is 0 Å². The number of nitrogens with zero attached hydrogens (tertiary/aromatic N) is 1. The van der Waals surface area contributed by atoms with Crippen LogP contribution in [0.4, 0.5) is 0 Å². The Balaban J connectivity index is 3.47. The van der Waals surface area contributed by atoms with Crippen molar-refractivity contribution in [3.8, 4) is 0 Å². The number of rotatable bonds is 10. The van der Waals surface area contributed by atoms with Crippen molar-refractivity contribution in [3.05, 3.63) is 0 Å². The lowest BCUT2D eigenvalue weighted by molar-refractivity contribution is -0.140. The molecule has 0 heterocycles. The summed E-state index contributed by atoms with van der Waals surface area (Å²) >= 11 is 0. The van der Waals surface area contributed by atoms with Gasteiger partial charge < -0.3 is 15.4 Å². The Morgan fingerprint density at radius 2 is 1.68 bits per heavy atom. The Morgan fingerprint density at radius 1 is 1.05 bits per heavy atom. The van der Waals surface area contributed by atoms with Gasteiger partial charge in [-0.3, -0.25) is 9.79 Å². The number of methoxy groups -OCH3 is 1. The van der Waals surface area contributed by atoms with Gasteiger partial charge in [0.05, 0.1) is 7.11 Å². The number of esters is 1. The van der Waals surface area contributed by atoms with Crippen LogP contribution in [0.2, 0.25) is 0 Å². The third kappa shape index (κ3) is 11.6. The number of unbranched alkanes of at least 4 members (excludes halogenated alkanes) is 4. The molecule has 0 rings (SSSR count). The molecule has 0 aromatic carbocycles. The molecule has 0 radical (unpaired) electrons. The van der Waals surface area contributed by atoms with E-state index in [0.717, 1.165) is 31.9 Å². The summed E-state index contributed by atoms with van der Waals surface area (Å²) in [6.45, 7) is 4.00. The van der Waals surface area contributed by atoms with E-state index in [1.54, 1.807) is 7.05 Å². The fourth-order valence-corrected chi connectivity index (χ4v) is 1.68. The third-order valence-electron chi connectivity index (χ3n) is 2.87. The van der Waals surface area contributed by atoms with Gasteiger partial charge in [-0.25, -0.2) is 0 Å². The summed E-state index contributed by atoms with van der Waals surface area (Å²) in [5.74, 6) is 0.702. The zero-order valence-electron chi connectivity index (χ0n) is 12.6. The van der Waals surface area contributed by atoms with E-state index < -0.39 is 0 Å². The summed E-state index contributed by atoms with van der Waals surface area (Å²) in [6, 6.07) is 0. The standard InChI is InChI=1S/C14H29N3O2/c1-4-5-6-8-11-16-14(15-2)17-12-9-7-10-13(18)19-3/h4-12H2,1-3H3,(H2,15,16,17). The van der Waals surface area contributed by atoms with Gasteiger partial charge in [0.1, 0.15) is 0 Å². The number of hydrogen-bond acceptors (Lipinski definition) is 3. The minimum Gasteiger partial charge on any atom is -0.469 e. The largest absolute Gasteiger partial charge is 0.469 e. The van der Waals surface area contributed by atoms with Crippen LogP contribution in [0.1, 0.15) is 51.9 Å². The Bertz CT molecular complexity index is 255. The molecule has 5 nitrogen and oxygen atoms in total. The maximum absolute atomic E-state index is 10.9. The normalized spacial score (nSPS) is 11.2. The molecular weight excluding hydrogens is 242 g/mol. The van der Waals surface area contributed by atoms with E-state index in [0.29, 0.717) is 6.42 Å². The first-order valence-electron chi connectivity index (χ1n) is 7.26. The highest BCUT2D eigenvalue weighted by Gasteiger charge is 2.00. The average molecular weight is 271 g/mol. The number of carbonyl (C=O) groups is 1. The van der Waals surface area contributed by atoms with Crippen molar-refractivity contribution in [1.29, 1.82) is 0 Å². The first kappa shape index (κ1) is 17.7. The predicted molar refractivity (Wildman–Crippen MR) is 79.4 cm³/mol. The molecule has 0 bridgehead atoms. The van der Waals surface area contributed by atoms with Crippen molar-refractivity contribution in [1.82, 2.24) is 10.6 Å². The van der Waals surface area contributed by atoms with Gasteiger partial charge >= 0.3 is 5.97 Å². The summed E-state index contributed by atoms with van der Waals surface area (Å²) in [6.07, 6.45) is 7.25. The van der Waals surface area contributed by atoms with Gasteiger partial charge in [-0.2, -0.15) is 0 Å². The smallest absolute Gasteiger partial charge is 0.305 e. The highest BCUT2D eigenvalue weighted by molar-refractivity contribution is 5.79. The molecule has 19 heavy (non-hydrogen) atoms. The highest BCUT2D eigenvalue weighted by atomic mass is 16.5. The second kappa shape index (κ2) is 13.2. The number of ether oxygens (including phenoxy) is 1. The van der Waals surface area contributed by atoms with Crippen molar-refractivity contribution < 1.29 is 9.53 Å². The van der Waals surface area contributed by atoms with Crippen molar-refractivity contribution in [2.45, 2.75) is 51.9 Å². The molecule has 0 aliphatic rings. The fourth-order valence-electron chi connectivity index (χ4n) is 1.68. The van der Waals surface area contributed by atoms with E-state index in [9.17, 15) is 4.79 Å². The Hall–Kier alpha value is -1.26. The van der Waals surface area contributed by atoms with Gasteiger partial charge in [0, 0.05) is 26.6 Å². The Morgan fingerprint density at radius 3 is 2.21 bits per heavy atom. The second-order valence-electron chi connectivity index (χ2n) is 4.52. The van der Waals surface area contributed by atoms with E-state index in [4.69, 9.17) is 0 Å². The molecule has 0 saturated heterocycles. The van der Waals surface area contributed by atoms with E-state index in [1.165, 1.54) is 32.8 Å². The topological polar surface area (TPSA) is 62.7 Å². The third-order valence-corrected chi connectivity index (χ3v) is 2.87. The monoisotopic (exact) mass is 271 g/mol. The van der Waals surface area contributed by atoms with E-state index in [-0.39, 0.29) is 5.97 Å². The van der Waals surface area contributed by atoms with Crippen molar-refractivity contribution in [2.24, 2.45) is 4.99 Å². The van der Waals surface area contributed by atoms with Crippen LogP contribution in [0, 0.1) is 0 Å². The lowest BCUT2D eigenvalue weighted by atomic mass is 10.2. The number of aliphatic imine (C=N–C) groups is 1. The minimum absolute atomic E-state index is 0.140. The summed E-state index contributed by atoms with van der Waals surface area (Å²) in [7, 11) is 3.20. The van der Waals surface area contributed by atoms with Gasteiger partial charge in [-0.15, -0.1) is 0 Å². The van der Waals surface area contributed by atoms with Crippen LogP contribution >= 0.6 is 0 Å². The van der Waals surface area contributed by atoms with Crippen molar-refractivity contribution >= 4 is 11.9 Å². The SMILES string of the molecule is CCCCCCNC(=NC)NCCCCC(=O)OC. The van der Waals surface area contributed by atoms with E-state index in [1.807, 2.05) is 0 Å². The number of guanidine groups is 1. The molecule has 0 aromatic rings. The molecular formula is C14H29N3O2. The van der Waals surface area contributed by atoms with Crippen LogP contribution in [0.25, 0.3) is 0 Å². The molecule has 0 aliphatic carbocycles. The molecule has 2 N–H and O–H groups in total. The molecule has 0 unspecified atom stereocenters. The molecule has 0 aliphatic heterocycles. The van der Waals surface area contributed by atoms with Crippen molar-refractivity contribution in [3.63, 3.8) is 0 Å². The van der Waals surface area contributed by atoms with Crippen LogP contribution in [-0.2, 0) is 9.53 Å². The molecule has 0 saturated carbocycles. The average Bonchev–Trinajstić information content (AvgIpc) is 2.44. The summed E-state index contributed by atoms with van der Waals surface area (Å²) in [4.78, 5) is 15.1. The molecule has 0 aromatic heterocycles. The van der Waals surface area contributed by atoms with Gasteiger partial charge in [-0.1, -0.05) is 26.2 Å². The summed E-state index contributed by atoms with van der Waals surface area (Å²) in [5, 5.41) is 6.53. The number of hydrogen-bond donors (Lipinski definition) is 2. The first-order valence-corrected chi connectivity index (χ1v) is 7.26. The van der Waals surface area contributed by atoms with Crippen molar-refractivity contribution in [2.75, 3.05) is 27.2 Å². The summed E-state index contributed by atoms with van der Waals surface area (Å²) in [5.41, 5.74) is 0. The van der Waals surface area contributed by atoms with Crippen LogP contribution in [0.15, 0.2) is 4.99 Å². The van der Waals surface area contributed by atoms with E-state index >= 15 is 0 Å². The van der Waals surface area contributed by atoms with Gasteiger partial charge in [-0.05, 0) is 19.3 Å². The maximum atomic E-state index is 10.9. The molecule has 112 valence electrons. The molecule has 0 atom stereocenters. The quantitative estimate of drug-likeness (QED) is 0.276. The highest BCUT2D eigenvalue weighted by Crippen LogP contribution is 1.97. The Labute approximate surface area is 117 Å². The predicted octanol–water partition coefficient (Wildman–Crippen LogP) is 2.07. The minimum atomic E-state index is -0.140. The zero-order chi connectivity index (χ0) is 14.3. The van der Waals surface area contributed by atoms with Gasteiger partial charge in [0.25, 0.3) is 0 Å². The lowest BCUT2D eigenvalue weighted by Gasteiger charge is -2.11. The fraction of sp³-hybridized carbons (Fsp3) is 0.857. The molecule has 0 amide bonds. The number of carbonyl (C=O) groups excluding carboxylic acids is 1. The molecule has 0 spiro atoms. The molecule has 0 fully saturated rings. The van der Waals surface area contributed by atoms with Gasteiger partial charge in [0.15, 0.2) is 5.96 Å². The van der Waals surface area contributed by atoms with E-state index in [2.05, 4.69) is 27.3 Å². The number of nitrogens with one attached hydrogen (secondary N) is 2. The first-order chi connectivity index (χ1) is 9.24. The van der Waals surface area contributed by atoms with Crippen LogP contribution in [-0.4, -0.2) is 39.2 Å². The lowest BCUT2D eigenvalue weighted by Crippen LogP contribution is -2.38. The Kier molecular flexibility index (Phi) is 12.3.